The average molecular weight is 196 g/mol. The van der Waals surface area contributed by atoms with Crippen molar-refractivity contribution < 1.29 is 14.6 Å². The zero-order valence-electron chi connectivity index (χ0n) is 8.83. The van der Waals surface area contributed by atoms with Crippen LogP contribution in [-0.4, -0.2) is 22.8 Å². The number of ether oxygens (including phenoxy) is 1. The van der Waals surface area contributed by atoms with Crippen molar-refractivity contribution in [1.82, 2.24) is 0 Å². The Morgan fingerprint density at radius 2 is 2.21 bits per heavy atom. The van der Waals surface area contributed by atoms with Gasteiger partial charge in [-0.25, -0.2) is 4.79 Å². The SMILES string of the molecule is CC1(C)C[C@H]2C/C(=C\C(=O)O)[C@]1(C)O2. The number of carboxylic acids is 1. The van der Waals surface area contributed by atoms with E-state index >= 15 is 0 Å². The molecule has 1 N–H and O–H groups in total. The van der Waals surface area contributed by atoms with Gasteiger partial charge in [-0.2, -0.15) is 0 Å². The minimum atomic E-state index is -0.867. The van der Waals surface area contributed by atoms with Crippen molar-refractivity contribution in [3.05, 3.63) is 11.6 Å². The van der Waals surface area contributed by atoms with Crippen LogP contribution in [0.3, 0.4) is 0 Å². The predicted octanol–water partition coefficient (Wildman–Crippen LogP) is 1.97. The minimum absolute atomic E-state index is 0.0528. The molecule has 3 heteroatoms. The van der Waals surface area contributed by atoms with E-state index in [0.29, 0.717) is 0 Å². The first-order chi connectivity index (χ1) is 6.35. The maximum Gasteiger partial charge on any atom is 0.328 e. The van der Waals surface area contributed by atoms with Gasteiger partial charge in [-0.3, -0.25) is 0 Å². The van der Waals surface area contributed by atoms with Crippen LogP contribution in [-0.2, 0) is 9.53 Å². The predicted molar refractivity (Wildman–Crippen MR) is 52.0 cm³/mol. The van der Waals surface area contributed by atoms with E-state index in [2.05, 4.69) is 13.8 Å². The number of hydrogen-bond donors (Lipinski definition) is 1. The molecule has 2 rings (SSSR count). The second-order valence-corrected chi connectivity index (χ2v) is 5.07. The van der Waals surface area contributed by atoms with Crippen molar-refractivity contribution in [3.8, 4) is 0 Å². The van der Waals surface area contributed by atoms with E-state index in [4.69, 9.17) is 9.84 Å². The molecule has 2 atom stereocenters. The van der Waals surface area contributed by atoms with Gasteiger partial charge in [0.15, 0.2) is 0 Å². The molecule has 0 radical (unpaired) electrons. The highest BCUT2D eigenvalue weighted by Gasteiger charge is 2.58. The van der Waals surface area contributed by atoms with Crippen molar-refractivity contribution >= 4 is 5.97 Å². The van der Waals surface area contributed by atoms with E-state index in [-0.39, 0.29) is 17.1 Å². The number of hydrogen-bond acceptors (Lipinski definition) is 2. The first-order valence-electron chi connectivity index (χ1n) is 4.97. The second-order valence-electron chi connectivity index (χ2n) is 5.07. The second kappa shape index (κ2) is 2.60. The quantitative estimate of drug-likeness (QED) is 0.652. The highest BCUT2D eigenvalue weighted by atomic mass is 16.5. The van der Waals surface area contributed by atoms with E-state index in [1.165, 1.54) is 6.08 Å². The lowest BCUT2D eigenvalue weighted by Gasteiger charge is -2.37. The molecule has 2 bridgehead atoms. The fourth-order valence-electron chi connectivity index (χ4n) is 2.71. The Bertz CT molecular complexity index is 316. The molecule has 14 heavy (non-hydrogen) atoms. The molecule has 0 saturated carbocycles. The molecule has 3 nitrogen and oxygen atoms in total. The molecule has 2 saturated heterocycles. The molecule has 2 aliphatic rings. The summed E-state index contributed by atoms with van der Waals surface area (Å²) in [6, 6.07) is 0. The lowest BCUT2D eigenvalue weighted by Crippen LogP contribution is -2.39. The van der Waals surface area contributed by atoms with E-state index in [9.17, 15) is 4.79 Å². The van der Waals surface area contributed by atoms with E-state index < -0.39 is 5.97 Å². The lowest BCUT2D eigenvalue weighted by molar-refractivity contribution is -0.131. The molecule has 2 fully saturated rings. The number of carbonyl (C=O) groups is 1. The number of aliphatic carboxylic acids is 1. The third-order valence-electron chi connectivity index (χ3n) is 3.79. The highest BCUT2D eigenvalue weighted by molar-refractivity contribution is 5.81. The highest BCUT2D eigenvalue weighted by Crippen LogP contribution is 2.57. The van der Waals surface area contributed by atoms with Gasteiger partial charge in [-0.1, -0.05) is 13.8 Å². The van der Waals surface area contributed by atoms with Crippen LogP contribution >= 0.6 is 0 Å². The Morgan fingerprint density at radius 3 is 2.64 bits per heavy atom. The summed E-state index contributed by atoms with van der Waals surface area (Å²) in [4.78, 5) is 10.7. The van der Waals surface area contributed by atoms with Crippen LogP contribution in [0.15, 0.2) is 11.6 Å². The fraction of sp³-hybridized carbons (Fsp3) is 0.727. The smallest absolute Gasteiger partial charge is 0.328 e. The van der Waals surface area contributed by atoms with Crippen molar-refractivity contribution in [3.63, 3.8) is 0 Å². The van der Waals surface area contributed by atoms with Gasteiger partial charge in [0, 0.05) is 6.08 Å². The van der Waals surface area contributed by atoms with Gasteiger partial charge in [0.05, 0.1) is 11.7 Å². The van der Waals surface area contributed by atoms with Gasteiger partial charge < -0.3 is 9.84 Å². The molecule has 0 aromatic heterocycles. The first-order valence-corrected chi connectivity index (χ1v) is 4.97. The Kier molecular flexibility index (Phi) is 1.80. The molecule has 2 aliphatic heterocycles. The molecule has 0 spiro atoms. The number of carboxylic acid groups (broad SMARTS) is 1. The minimum Gasteiger partial charge on any atom is -0.478 e. The Balaban J connectivity index is 2.38. The maximum atomic E-state index is 10.7. The average Bonchev–Trinajstić information content (AvgIpc) is 2.35. The van der Waals surface area contributed by atoms with E-state index in [0.717, 1.165) is 18.4 Å². The van der Waals surface area contributed by atoms with Gasteiger partial charge in [0.25, 0.3) is 0 Å². The zero-order valence-corrected chi connectivity index (χ0v) is 8.83. The van der Waals surface area contributed by atoms with Gasteiger partial charge in [-0.05, 0) is 30.8 Å². The summed E-state index contributed by atoms with van der Waals surface area (Å²) in [5.41, 5.74) is 0.624. The first kappa shape index (κ1) is 9.71. The van der Waals surface area contributed by atoms with Crippen LogP contribution in [0.5, 0.6) is 0 Å². The largest absolute Gasteiger partial charge is 0.478 e. The van der Waals surface area contributed by atoms with Crippen LogP contribution in [0.4, 0.5) is 0 Å². The van der Waals surface area contributed by atoms with Crippen LogP contribution in [0, 0.1) is 5.41 Å². The monoisotopic (exact) mass is 196 g/mol. The zero-order chi connectivity index (χ0) is 10.6. The summed E-state index contributed by atoms with van der Waals surface area (Å²) in [6.45, 7) is 6.29. The van der Waals surface area contributed by atoms with Crippen LogP contribution in [0.2, 0.25) is 0 Å². The molecule has 0 aromatic carbocycles. The Labute approximate surface area is 83.8 Å². The summed E-state index contributed by atoms with van der Waals surface area (Å²) < 4.78 is 5.86. The third-order valence-corrected chi connectivity index (χ3v) is 3.79. The summed E-state index contributed by atoms with van der Waals surface area (Å²) >= 11 is 0. The Hall–Kier alpha value is -0.830. The lowest BCUT2D eigenvalue weighted by atomic mass is 9.66. The summed E-state index contributed by atoms with van der Waals surface area (Å²) in [6.07, 6.45) is 3.36. The molecular weight excluding hydrogens is 180 g/mol. The standard InChI is InChI=1S/C11H16O3/c1-10(2)6-8-4-7(5-9(12)13)11(10,3)14-8/h5,8H,4,6H2,1-3H3,(H,12,13)/b7-5+/t8-,11+/m1/s1. The normalized spacial score (nSPS) is 41.9. The van der Waals surface area contributed by atoms with Crippen molar-refractivity contribution in [2.24, 2.45) is 5.41 Å². The molecule has 0 aromatic rings. The molecule has 78 valence electrons. The molecule has 0 amide bonds. The molecule has 0 unspecified atom stereocenters. The molecule has 2 heterocycles. The van der Waals surface area contributed by atoms with Crippen LogP contribution in [0.25, 0.3) is 0 Å². The Morgan fingerprint density at radius 1 is 1.57 bits per heavy atom. The van der Waals surface area contributed by atoms with Gasteiger partial charge in [0.2, 0.25) is 0 Å². The summed E-state index contributed by atoms with van der Waals surface area (Å²) in [5.74, 6) is -0.867. The molecule has 0 aliphatic carbocycles. The van der Waals surface area contributed by atoms with Gasteiger partial charge in [0.1, 0.15) is 0 Å². The van der Waals surface area contributed by atoms with Gasteiger partial charge in [-0.15, -0.1) is 0 Å². The maximum absolute atomic E-state index is 10.7. The summed E-state index contributed by atoms with van der Waals surface area (Å²) in [7, 11) is 0. The number of fused-ring (bicyclic) bond motifs is 2. The van der Waals surface area contributed by atoms with Crippen molar-refractivity contribution in [2.45, 2.75) is 45.3 Å². The van der Waals surface area contributed by atoms with Crippen molar-refractivity contribution in [1.29, 1.82) is 0 Å². The van der Waals surface area contributed by atoms with E-state index in [1.807, 2.05) is 6.92 Å². The number of rotatable bonds is 1. The van der Waals surface area contributed by atoms with E-state index in [1.54, 1.807) is 0 Å². The fourth-order valence-corrected chi connectivity index (χ4v) is 2.71. The summed E-state index contributed by atoms with van der Waals surface area (Å²) in [5, 5.41) is 8.75. The van der Waals surface area contributed by atoms with Gasteiger partial charge >= 0.3 is 5.97 Å². The third kappa shape index (κ3) is 1.12. The van der Waals surface area contributed by atoms with Crippen LogP contribution in [0.1, 0.15) is 33.6 Å². The topological polar surface area (TPSA) is 46.5 Å². The molecular formula is C11H16O3. The van der Waals surface area contributed by atoms with Crippen molar-refractivity contribution in [2.75, 3.05) is 0 Å². The van der Waals surface area contributed by atoms with Crippen LogP contribution < -0.4 is 0 Å².